The second kappa shape index (κ2) is 12.5. The molecule has 2 rings (SSSR count). The van der Waals surface area contributed by atoms with E-state index < -0.39 is 14.9 Å². The molecule has 0 amide bonds. The Bertz CT molecular complexity index is 846. The molecule has 1 N–H and O–H groups in total. The molecule has 0 spiro atoms. The largest absolute Gasteiger partial charge is 0.496 e. The lowest BCUT2D eigenvalue weighted by Gasteiger charge is -2.17. The molecule has 2 aromatic rings. The van der Waals surface area contributed by atoms with Crippen molar-refractivity contribution in [2.24, 2.45) is 0 Å². The molecule has 0 aliphatic carbocycles. The van der Waals surface area contributed by atoms with Gasteiger partial charge in [0.15, 0.2) is 17.3 Å². The fourth-order valence-corrected chi connectivity index (χ4v) is 6.79. The number of ether oxygens (including phenoxy) is 3. The summed E-state index contributed by atoms with van der Waals surface area (Å²) < 4.78 is 16.8. The Balaban J connectivity index is 2.10. The lowest BCUT2D eigenvalue weighted by molar-refractivity contribution is 0.0746. The predicted octanol–water partition coefficient (Wildman–Crippen LogP) is 5.35. The zero-order valence-electron chi connectivity index (χ0n) is 19.4. The van der Waals surface area contributed by atoms with Crippen molar-refractivity contribution < 1.29 is 24.1 Å². The molecule has 0 aromatic heterocycles. The Labute approximate surface area is 188 Å². The molecule has 170 valence electrons. The fraction of sp³-hybridized carbons (Fsp3) is 0.480. The molecule has 0 heterocycles. The number of ketones is 1. The number of aryl methyl sites for hydroxylation is 1. The quantitative estimate of drug-likeness (QED) is 0.333. The predicted molar refractivity (Wildman–Crippen MR) is 128 cm³/mol. The smallest absolute Gasteiger partial charge is 0.195 e. The van der Waals surface area contributed by atoms with E-state index in [-0.39, 0.29) is 5.78 Å². The Hall–Kier alpha value is -2.31. The van der Waals surface area contributed by atoms with E-state index in [0.717, 1.165) is 11.6 Å². The molecule has 0 bridgehead atoms. The van der Waals surface area contributed by atoms with Crippen molar-refractivity contribution in [1.29, 1.82) is 0 Å². The van der Waals surface area contributed by atoms with Gasteiger partial charge in [-0.05, 0) is 42.3 Å². The van der Waals surface area contributed by atoms with Crippen LogP contribution in [0.1, 0.15) is 54.3 Å². The molecule has 6 heteroatoms. The zero-order valence-corrected chi connectivity index (χ0v) is 20.6. The molecule has 1 unspecified atom stereocenters. The number of carbonyl (C=O) groups excluding carboxylic acids is 1. The molecule has 31 heavy (non-hydrogen) atoms. The van der Waals surface area contributed by atoms with Crippen molar-refractivity contribution in [3.63, 3.8) is 0 Å². The number of carbonyl (C=O) groups is 1. The summed E-state index contributed by atoms with van der Waals surface area (Å²) in [4.78, 5) is 12.8. The van der Waals surface area contributed by atoms with Gasteiger partial charge in [-0.15, -0.1) is 0 Å². The van der Waals surface area contributed by atoms with Gasteiger partial charge < -0.3 is 19.3 Å². The van der Waals surface area contributed by atoms with Crippen LogP contribution in [-0.4, -0.2) is 40.5 Å². The maximum Gasteiger partial charge on any atom is 0.195 e. The van der Waals surface area contributed by atoms with Gasteiger partial charge in [0.25, 0.3) is 0 Å². The molecule has 2 aromatic carbocycles. The van der Waals surface area contributed by atoms with Gasteiger partial charge in [-0.2, -0.15) is 0 Å². The van der Waals surface area contributed by atoms with Crippen LogP contribution in [-0.2, 0) is 0 Å². The number of rotatable bonds is 13. The van der Waals surface area contributed by atoms with E-state index in [9.17, 15) is 9.90 Å². The van der Waals surface area contributed by atoms with Crippen LogP contribution in [0.4, 0.5) is 0 Å². The average Bonchev–Trinajstić information content (AvgIpc) is 2.78. The first-order valence-corrected chi connectivity index (χ1v) is 13.6. The van der Waals surface area contributed by atoms with Gasteiger partial charge in [0.2, 0.25) is 0 Å². The highest BCUT2D eigenvalue weighted by Crippen LogP contribution is 2.32. The molecule has 0 radical (unpaired) electrons. The topological polar surface area (TPSA) is 65.0 Å². The van der Waals surface area contributed by atoms with Crippen molar-refractivity contribution in [2.75, 3.05) is 20.8 Å². The number of methoxy groups -OCH3 is 2. The summed E-state index contributed by atoms with van der Waals surface area (Å²) in [6, 6.07) is 14.2. The minimum Gasteiger partial charge on any atom is -0.496 e. The van der Waals surface area contributed by atoms with E-state index in [4.69, 9.17) is 14.2 Å². The van der Waals surface area contributed by atoms with Crippen LogP contribution in [0.15, 0.2) is 36.4 Å². The number of aliphatic hydroxyl groups excluding tert-OH is 1. The summed E-state index contributed by atoms with van der Waals surface area (Å²) in [6.07, 6.45) is 1.20. The van der Waals surface area contributed by atoms with Crippen LogP contribution < -0.4 is 14.2 Å². The average molecular weight is 445 g/mol. The Morgan fingerprint density at radius 2 is 1.61 bits per heavy atom. The summed E-state index contributed by atoms with van der Waals surface area (Å²) in [7, 11) is 2.38. The van der Waals surface area contributed by atoms with Gasteiger partial charge in [0.05, 0.1) is 20.8 Å². The van der Waals surface area contributed by atoms with Crippen molar-refractivity contribution in [3.8, 4) is 17.2 Å². The SMILES string of the molecule is CCC[SiH](CCC)CCOc1ccc(C(O)C(=O)c2ccc(C)c(OC)c2)cc1OC. The molecule has 0 saturated carbocycles. The van der Waals surface area contributed by atoms with Gasteiger partial charge >= 0.3 is 0 Å². The molecule has 0 aliphatic heterocycles. The second-order valence-electron chi connectivity index (χ2n) is 7.94. The van der Waals surface area contributed by atoms with E-state index in [1.54, 1.807) is 44.6 Å². The van der Waals surface area contributed by atoms with Crippen molar-refractivity contribution >= 4 is 14.6 Å². The third-order valence-corrected chi connectivity index (χ3v) is 9.46. The number of Topliss-reactive ketones (excluding diaryl/α,β-unsaturated/α-hetero) is 1. The summed E-state index contributed by atoms with van der Waals surface area (Å²) in [6.45, 7) is 7.08. The summed E-state index contributed by atoms with van der Waals surface area (Å²) >= 11 is 0. The van der Waals surface area contributed by atoms with E-state index in [1.165, 1.54) is 24.9 Å². The van der Waals surface area contributed by atoms with E-state index in [2.05, 4.69) is 13.8 Å². The highest BCUT2D eigenvalue weighted by Gasteiger charge is 2.22. The van der Waals surface area contributed by atoms with Crippen LogP contribution in [0.5, 0.6) is 17.2 Å². The van der Waals surface area contributed by atoms with Gasteiger partial charge in [-0.3, -0.25) is 4.79 Å². The second-order valence-corrected chi connectivity index (χ2v) is 11.4. The first-order chi connectivity index (χ1) is 14.9. The normalized spacial score (nSPS) is 12.0. The van der Waals surface area contributed by atoms with Crippen LogP contribution in [0, 0.1) is 6.92 Å². The monoisotopic (exact) mass is 444 g/mol. The minimum absolute atomic E-state index is 0.387. The van der Waals surface area contributed by atoms with Gasteiger partial charge in [0.1, 0.15) is 11.9 Å². The maximum absolute atomic E-state index is 12.8. The molecular formula is C25H36O5Si. The summed E-state index contributed by atoms with van der Waals surface area (Å²) in [5, 5.41) is 10.7. The van der Waals surface area contributed by atoms with E-state index >= 15 is 0 Å². The molecule has 0 fully saturated rings. The van der Waals surface area contributed by atoms with Crippen molar-refractivity contribution in [1.82, 2.24) is 0 Å². The zero-order chi connectivity index (χ0) is 22.8. The van der Waals surface area contributed by atoms with Crippen molar-refractivity contribution in [3.05, 3.63) is 53.1 Å². The first kappa shape index (κ1) is 25.0. The molecule has 1 atom stereocenters. The molecule has 5 nitrogen and oxygen atoms in total. The summed E-state index contributed by atoms with van der Waals surface area (Å²) in [5.41, 5.74) is 1.80. The number of benzene rings is 2. The molecular weight excluding hydrogens is 408 g/mol. The van der Waals surface area contributed by atoms with Crippen molar-refractivity contribution in [2.45, 2.75) is 57.8 Å². The lowest BCUT2D eigenvalue weighted by atomic mass is 9.98. The molecule has 0 aliphatic rings. The summed E-state index contributed by atoms with van der Waals surface area (Å²) in [5.74, 6) is 1.40. The standard InChI is InChI=1S/C25H36O5Si/c1-6-13-31(14-7-2)15-12-30-21-11-10-20(17-23(21)29-5)25(27)24(26)19-9-8-18(3)22(16-19)28-4/h8-11,16-17,25,27,31H,6-7,12-15H2,1-5H3. The van der Waals surface area contributed by atoms with Gasteiger partial charge in [-0.25, -0.2) is 0 Å². The Morgan fingerprint density at radius 1 is 0.935 bits per heavy atom. The van der Waals surface area contributed by atoms with Gasteiger partial charge in [0, 0.05) is 14.4 Å². The number of aliphatic hydroxyl groups is 1. The van der Waals surface area contributed by atoms with Crippen LogP contribution in [0.25, 0.3) is 0 Å². The third-order valence-electron chi connectivity index (χ3n) is 5.62. The minimum atomic E-state index is -1.29. The Kier molecular flexibility index (Phi) is 10.1. The number of hydrogen-bond donors (Lipinski definition) is 1. The Morgan fingerprint density at radius 3 is 2.23 bits per heavy atom. The maximum atomic E-state index is 12.8. The number of hydrogen-bond acceptors (Lipinski definition) is 5. The lowest BCUT2D eigenvalue weighted by Crippen LogP contribution is -2.16. The van der Waals surface area contributed by atoms with E-state index in [0.29, 0.717) is 35.0 Å². The molecule has 0 saturated heterocycles. The van der Waals surface area contributed by atoms with E-state index in [1.807, 2.05) is 13.0 Å². The first-order valence-electron chi connectivity index (χ1n) is 11.1. The third kappa shape index (κ3) is 6.84. The van der Waals surface area contributed by atoms with Crippen LogP contribution in [0.2, 0.25) is 18.1 Å². The van der Waals surface area contributed by atoms with Crippen LogP contribution >= 0.6 is 0 Å². The fourth-order valence-electron chi connectivity index (χ4n) is 3.84. The highest BCUT2D eigenvalue weighted by molar-refractivity contribution is 6.58. The van der Waals surface area contributed by atoms with Gasteiger partial charge in [-0.1, -0.05) is 57.0 Å². The highest BCUT2D eigenvalue weighted by atomic mass is 28.3. The van der Waals surface area contributed by atoms with Crippen LogP contribution in [0.3, 0.4) is 0 Å².